The zero-order chi connectivity index (χ0) is 37.7. The molecule has 0 saturated heterocycles. The molecule has 0 N–H and O–H groups in total. The number of fused-ring (bicyclic) bond motifs is 2. The van der Waals surface area contributed by atoms with Crippen molar-refractivity contribution in [3.05, 3.63) is 138 Å². The number of aryl methyl sites for hydroxylation is 4. The fourth-order valence-electron chi connectivity index (χ4n) is 4.80. The average molecular weight is 1110 g/mol. The summed E-state index contributed by atoms with van der Waals surface area (Å²) < 4.78 is 78.8. The first-order chi connectivity index (χ1) is 24.7. The molecule has 0 saturated carbocycles. The maximum absolute atomic E-state index is 13.3. The number of anilines is 6. The molecule has 292 valence electrons. The molecule has 8 rings (SSSR count). The summed E-state index contributed by atoms with van der Waals surface area (Å²) in [5.41, 5.74) is 4.84. The van der Waals surface area contributed by atoms with E-state index in [9.17, 15) is 26.3 Å². The Morgan fingerprint density at radius 3 is 1.46 bits per heavy atom. The minimum atomic E-state index is -1.55. The van der Waals surface area contributed by atoms with E-state index in [2.05, 4.69) is 47.5 Å². The molecular weight excluding hydrogens is 1080 g/mol. The number of aromatic nitrogens is 7. The van der Waals surface area contributed by atoms with Crippen LogP contribution in [0.1, 0.15) is 22.8 Å². The molecule has 0 spiro atoms. The van der Waals surface area contributed by atoms with Gasteiger partial charge in [0, 0.05) is 89.4 Å². The third kappa shape index (κ3) is 10.3. The molecule has 0 unspecified atom stereocenters. The Bertz CT molecular complexity index is 1940. The number of benzene rings is 2. The number of rotatable bonds is 2. The van der Waals surface area contributed by atoms with Crippen molar-refractivity contribution in [2.45, 2.75) is 27.7 Å². The van der Waals surface area contributed by atoms with Gasteiger partial charge < -0.3 is 40.0 Å². The summed E-state index contributed by atoms with van der Waals surface area (Å²) >= 11 is 0. The van der Waals surface area contributed by atoms with Gasteiger partial charge in [-0.3, -0.25) is 8.78 Å². The molecule has 2 aliphatic rings. The van der Waals surface area contributed by atoms with Crippen molar-refractivity contribution in [3.8, 4) is 0 Å². The second-order valence-corrected chi connectivity index (χ2v) is 11.3. The summed E-state index contributed by atoms with van der Waals surface area (Å²) in [6, 6.07) is 13.5. The van der Waals surface area contributed by atoms with Gasteiger partial charge in [-0.25, -0.2) is 32.5 Å². The standard InChI is InChI=1S/C13H8F3N3.C12H7F3N4.2C5H7N2.2Pt/c1-18-7-19(13-11(18)3-2-4-17-13)8-5-9(14)12(16)10(15)6-8;1-18-6-19(12-11(18)16-2-3-17-12)7-4-8(13)10(15)9(14)5-7;2*1-4-3-5(2)7-6-4;;/h2-5,7H,1H3;2-4,6H,1H3;2*3H,1-2H3;;/q2*-2;2*-1;;. The molecule has 11 nitrogen and oxygen atoms in total. The van der Waals surface area contributed by atoms with E-state index in [1.165, 1.54) is 28.9 Å². The van der Waals surface area contributed by atoms with Crippen LogP contribution in [0.4, 0.5) is 60.9 Å². The van der Waals surface area contributed by atoms with Gasteiger partial charge in [0.1, 0.15) is 17.5 Å². The Hall–Kier alpha value is -4.75. The quantitative estimate of drug-likeness (QED) is 0.105. The molecule has 0 radical (unpaired) electrons. The minimum absolute atomic E-state index is 0. The van der Waals surface area contributed by atoms with Gasteiger partial charge in [-0.05, 0) is 40.1 Å². The van der Waals surface area contributed by atoms with Crippen LogP contribution in [0.15, 0.2) is 55.0 Å². The van der Waals surface area contributed by atoms with Crippen LogP contribution in [0.25, 0.3) is 0 Å². The fraction of sp³-hybridized carbons (Fsp3) is 0.171. The van der Waals surface area contributed by atoms with E-state index in [0.29, 0.717) is 17.5 Å². The van der Waals surface area contributed by atoms with Gasteiger partial charge in [0.05, 0.1) is 23.3 Å². The zero-order valence-corrected chi connectivity index (χ0v) is 33.7. The Labute approximate surface area is 336 Å². The van der Waals surface area contributed by atoms with Crippen LogP contribution in [0, 0.1) is 88.1 Å². The van der Waals surface area contributed by atoms with E-state index in [0.717, 1.165) is 40.6 Å². The molecule has 4 aromatic heterocycles. The first-order valence-corrected chi connectivity index (χ1v) is 15.2. The van der Waals surface area contributed by atoms with Gasteiger partial charge in [0.25, 0.3) is 0 Å². The van der Waals surface area contributed by atoms with Crippen LogP contribution in [0.3, 0.4) is 0 Å². The molecule has 54 heavy (non-hydrogen) atoms. The number of nitrogens with zero attached hydrogens (tertiary/aromatic N) is 11. The Balaban J connectivity index is 0.000000210. The van der Waals surface area contributed by atoms with Crippen LogP contribution < -0.4 is 29.8 Å². The van der Waals surface area contributed by atoms with Crippen molar-refractivity contribution in [3.63, 3.8) is 0 Å². The maximum atomic E-state index is 13.3. The van der Waals surface area contributed by atoms with Gasteiger partial charge in [-0.2, -0.15) is 6.67 Å². The van der Waals surface area contributed by atoms with Gasteiger partial charge >= 0.3 is 0 Å². The molecule has 19 heteroatoms. The smallest absolute Gasteiger partial charge is 0.143 e. The minimum Gasteiger partial charge on any atom is -0.579 e. The predicted octanol–water partition coefficient (Wildman–Crippen LogP) is 6.71. The number of pyridine rings is 1. The third-order valence-electron chi connectivity index (χ3n) is 7.07. The van der Waals surface area contributed by atoms with Crippen LogP contribution in [0.2, 0.25) is 0 Å². The topological polar surface area (TPSA) is 106 Å². The van der Waals surface area contributed by atoms with Crippen LogP contribution in [-0.2, 0) is 42.1 Å². The van der Waals surface area contributed by atoms with Crippen molar-refractivity contribution in [1.82, 2.24) is 35.3 Å². The number of halogens is 6. The average Bonchev–Trinajstić information content (AvgIpc) is 3.88. The van der Waals surface area contributed by atoms with E-state index >= 15 is 0 Å². The Kier molecular flexibility index (Phi) is 15.4. The molecule has 0 amide bonds. The van der Waals surface area contributed by atoms with Crippen molar-refractivity contribution >= 4 is 34.5 Å². The summed E-state index contributed by atoms with van der Waals surface area (Å²) in [6.45, 7) is 10.9. The van der Waals surface area contributed by atoms with Crippen molar-refractivity contribution in [1.29, 1.82) is 0 Å². The van der Waals surface area contributed by atoms with E-state index in [1.807, 2.05) is 45.9 Å². The van der Waals surface area contributed by atoms with E-state index < -0.39 is 34.9 Å². The third-order valence-corrected chi connectivity index (χ3v) is 7.07. The SMILES string of the molecule is CN1[CH-]N(c2[c-]c(F)c(F)c(F)c2)c2ncccc21.CN1[CH-]N(c2[c-]c(F)c(F)c(F)c2)c2nccnc21.Cc1cc(C)[n-]n1.Cc1cc(C)[n-]n1.[Pt].[Pt]. The summed E-state index contributed by atoms with van der Waals surface area (Å²) in [5.74, 6) is -6.90. The molecule has 0 aliphatic carbocycles. The zero-order valence-electron chi connectivity index (χ0n) is 29.2. The van der Waals surface area contributed by atoms with Gasteiger partial charge in [0.2, 0.25) is 0 Å². The molecular formula is C35H29F6N11Pt2-6. The van der Waals surface area contributed by atoms with Crippen molar-refractivity contribution < 1.29 is 68.5 Å². The molecule has 6 aromatic rings. The van der Waals surface area contributed by atoms with Gasteiger partial charge in [-0.15, -0.1) is 42.3 Å². The first-order valence-electron chi connectivity index (χ1n) is 15.2. The monoisotopic (exact) mass is 1110 g/mol. The first kappa shape index (κ1) is 43.6. The van der Waals surface area contributed by atoms with Crippen LogP contribution in [-0.4, -0.2) is 39.2 Å². The Morgan fingerprint density at radius 1 is 0.593 bits per heavy atom. The largest absolute Gasteiger partial charge is 0.579 e. The number of hydrogen-bond acceptors (Lipinski definition) is 9. The molecule has 2 aromatic carbocycles. The summed E-state index contributed by atoms with van der Waals surface area (Å²) in [6.07, 6.45) is 4.52. The normalized spacial score (nSPS) is 12.2. The molecule has 6 heterocycles. The van der Waals surface area contributed by atoms with E-state index in [-0.39, 0.29) is 53.5 Å². The summed E-state index contributed by atoms with van der Waals surface area (Å²) in [4.78, 5) is 18.5. The van der Waals surface area contributed by atoms with Gasteiger partial charge in [0.15, 0.2) is 0 Å². The maximum Gasteiger partial charge on any atom is 0.143 e. The summed E-state index contributed by atoms with van der Waals surface area (Å²) in [7, 11) is 3.49. The van der Waals surface area contributed by atoms with Crippen molar-refractivity contribution in [2.24, 2.45) is 0 Å². The van der Waals surface area contributed by atoms with E-state index in [1.54, 1.807) is 42.8 Å². The Morgan fingerprint density at radius 2 is 1.04 bits per heavy atom. The van der Waals surface area contributed by atoms with Gasteiger partial charge in [-0.1, -0.05) is 37.4 Å². The molecule has 0 atom stereocenters. The van der Waals surface area contributed by atoms with Crippen molar-refractivity contribution in [2.75, 3.05) is 33.7 Å². The second-order valence-electron chi connectivity index (χ2n) is 11.3. The molecule has 0 bridgehead atoms. The number of hydrogen-bond donors (Lipinski definition) is 0. The second kappa shape index (κ2) is 19.0. The molecule has 0 fully saturated rings. The van der Waals surface area contributed by atoms with E-state index in [4.69, 9.17) is 0 Å². The predicted molar refractivity (Wildman–Crippen MR) is 180 cm³/mol. The van der Waals surface area contributed by atoms with Crippen LogP contribution in [0.5, 0.6) is 0 Å². The summed E-state index contributed by atoms with van der Waals surface area (Å²) in [5, 5.41) is 15.1. The van der Waals surface area contributed by atoms with Crippen LogP contribution >= 0.6 is 0 Å². The fourth-order valence-corrected chi connectivity index (χ4v) is 4.80. The molecule has 2 aliphatic heterocycles.